The molecule has 1 aliphatic rings. The van der Waals surface area contributed by atoms with Crippen LogP contribution in [0.2, 0.25) is 0 Å². The first-order valence-corrected chi connectivity index (χ1v) is 8.75. The third-order valence-corrected chi connectivity index (χ3v) is 5.65. The Morgan fingerprint density at radius 2 is 1.90 bits per heavy atom. The van der Waals surface area contributed by atoms with Crippen molar-refractivity contribution >= 4 is 17.3 Å². The van der Waals surface area contributed by atoms with Crippen LogP contribution in [0, 0.1) is 11.8 Å². The van der Waals surface area contributed by atoms with Gasteiger partial charge >= 0.3 is 5.97 Å². The summed E-state index contributed by atoms with van der Waals surface area (Å²) < 4.78 is 20.2. The molecule has 20 heavy (non-hydrogen) atoms. The smallest absolute Gasteiger partial charge is 0.308 e. The molecule has 0 spiro atoms. The van der Waals surface area contributed by atoms with Crippen molar-refractivity contribution in [3.05, 3.63) is 0 Å². The van der Waals surface area contributed by atoms with E-state index in [0.29, 0.717) is 12.5 Å². The van der Waals surface area contributed by atoms with Gasteiger partial charge in [-0.25, -0.2) is 0 Å². The molecule has 0 heterocycles. The first-order valence-electron chi connectivity index (χ1n) is 7.60. The fourth-order valence-electron chi connectivity index (χ4n) is 2.56. The maximum absolute atomic E-state index is 12.1. The minimum atomic E-state index is -1.03. The Hall–Kier alpha value is -0.260. The fourth-order valence-corrected chi connectivity index (χ4v) is 3.44. The van der Waals surface area contributed by atoms with Crippen molar-refractivity contribution in [3.63, 3.8) is 0 Å². The molecule has 0 aromatic rings. The van der Waals surface area contributed by atoms with Gasteiger partial charge in [0.05, 0.1) is 18.6 Å². The van der Waals surface area contributed by atoms with Crippen molar-refractivity contribution in [1.29, 1.82) is 0 Å². The molecule has 1 saturated carbocycles. The normalized spacial score (nSPS) is 26.9. The molecule has 0 unspecified atom stereocenters. The Labute approximate surface area is 126 Å². The zero-order chi connectivity index (χ0) is 15.3. The monoisotopic (exact) mass is 303 g/mol. The molecule has 1 N–H and O–H groups in total. The van der Waals surface area contributed by atoms with Gasteiger partial charge in [0.2, 0.25) is 0 Å². The predicted octanol–water partition coefficient (Wildman–Crippen LogP) is 2.80. The Bertz CT molecular complexity index is 309. The summed E-state index contributed by atoms with van der Waals surface area (Å²) in [6.07, 6.45) is 3.77. The Morgan fingerprint density at radius 1 is 1.35 bits per heavy atom. The number of carbonyl (C=O) groups is 1. The van der Waals surface area contributed by atoms with Crippen molar-refractivity contribution < 1.29 is 14.1 Å². The molecular weight excluding hydrogens is 274 g/mol. The lowest BCUT2D eigenvalue weighted by molar-refractivity contribution is -0.149. The van der Waals surface area contributed by atoms with Gasteiger partial charge in [0.15, 0.2) is 0 Å². The van der Waals surface area contributed by atoms with Crippen LogP contribution in [0.4, 0.5) is 0 Å². The largest absolute Gasteiger partial charge is 0.598 e. The molecule has 1 rings (SSSR count). The third kappa shape index (κ3) is 5.26. The standard InChI is InChI=1S/C15H29NO3S/c1-6-19-14(17)13-9-7-12(8-10-13)11(2)16-20(18)15(3,4)5/h11-13,16H,6-10H2,1-5H3/t11-,12?,13?,20-/m1/s1. The van der Waals surface area contributed by atoms with Gasteiger partial charge in [-0.2, -0.15) is 0 Å². The quantitative estimate of drug-likeness (QED) is 0.626. The van der Waals surface area contributed by atoms with Crippen molar-refractivity contribution in [2.45, 2.75) is 71.1 Å². The third-order valence-electron chi connectivity index (χ3n) is 3.95. The molecule has 1 fully saturated rings. The molecule has 0 bridgehead atoms. The zero-order valence-electron chi connectivity index (χ0n) is 13.4. The second-order valence-corrected chi connectivity index (χ2v) is 8.65. The number of hydrogen-bond donors (Lipinski definition) is 1. The molecule has 2 atom stereocenters. The molecule has 5 heteroatoms. The Morgan fingerprint density at radius 3 is 2.35 bits per heavy atom. The molecule has 0 aromatic carbocycles. The fraction of sp³-hybridized carbons (Fsp3) is 0.933. The van der Waals surface area contributed by atoms with E-state index in [1.54, 1.807) is 0 Å². The van der Waals surface area contributed by atoms with E-state index in [2.05, 4.69) is 11.6 Å². The van der Waals surface area contributed by atoms with Gasteiger partial charge in [0.25, 0.3) is 0 Å². The summed E-state index contributed by atoms with van der Waals surface area (Å²) in [5, 5.41) is 0. The topological polar surface area (TPSA) is 61.4 Å². The van der Waals surface area contributed by atoms with Crippen LogP contribution in [0.3, 0.4) is 0 Å². The average Bonchev–Trinajstić information content (AvgIpc) is 2.38. The SMILES string of the molecule is CCOC(=O)C1CCC([C@@H](C)N[S@+]([O-])C(C)(C)C)CC1. The Balaban J connectivity index is 2.39. The van der Waals surface area contributed by atoms with Crippen LogP contribution in [-0.2, 0) is 20.9 Å². The highest BCUT2D eigenvalue weighted by atomic mass is 32.2. The summed E-state index contributed by atoms with van der Waals surface area (Å²) in [4.78, 5) is 11.7. The average molecular weight is 303 g/mol. The first-order chi connectivity index (χ1) is 9.25. The van der Waals surface area contributed by atoms with E-state index in [0.717, 1.165) is 25.7 Å². The van der Waals surface area contributed by atoms with Crippen LogP contribution < -0.4 is 4.72 Å². The van der Waals surface area contributed by atoms with E-state index in [4.69, 9.17) is 4.74 Å². The molecule has 4 nitrogen and oxygen atoms in total. The van der Waals surface area contributed by atoms with Crippen molar-refractivity contribution in [1.82, 2.24) is 4.72 Å². The lowest BCUT2D eigenvalue weighted by Gasteiger charge is -2.33. The summed E-state index contributed by atoms with van der Waals surface area (Å²) in [5.41, 5.74) is 0. The highest BCUT2D eigenvalue weighted by Gasteiger charge is 2.34. The Kier molecular flexibility index (Phi) is 6.82. The molecule has 0 aliphatic heterocycles. The number of rotatable bonds is 5. The molecule has 118 valence electrons. The highest BCUT2D eigenvalue weighted by molar-refractivity contribution is 7.90. The highest BCUT2D eigenvalue weighted by Crippen LogP contribution is 2.32. The van der Waals surface area contributed by atoms with Crippen LogP contribution in [0.25, 0.3) is 0 Å². The number of carbonyl (C=O) groups excluding carboxylic acids is 1. The van der Waals surface area contributed by atoms with E-state index in [9.17, 15) is 9.35 Å². The number of nitrogens with one attached hydrogen (secondary N) is 1. The van der Waals surface area contributed by atoms with Crippen molar-refractivity contribution in [2.24, 2.45) is 11.8 Å². The van der Waals surface area contributed by atoms with E-state index in [1.165, 1.54) is 0 Å². The molecule has 1 aliphatic carbocycles. The van der Waals surface area contributed by atoms with Crippen LogP contribution in [0.15, 0.2) is 0 Å². The summed E-state index contributed by atoms with van der Waals surface area (Å²) in [6.45, 7) is 10.3. The lowest BCUT2D eigenvalue weighted by Crippen LogP contribution is -2.47. The number of esters is 1. The second kappa shape index (κ2) is 7.66. The molecule has 0 aromatic heterocycles. The zero-order valence-corrected chi connectivity index (χ0v) is 14.2. The maximum Gasteiger partial charge on any atom is 0.308 e. The summed E-state index contributed by atoms with van der Waals surface area (Å²) in [7, 11) is 0. The van der Waals surface area contributed by atoms with Gasteiger partial charge in [-0.3, -0.25) is 4.79 Å². The minimum Gasteiger partial charge on any atom is -0.598 e. The van der Waals surface area contributed by atoms with E-state index < -0.39 is 11.4 Å². The van der Waals surface area contributed by atoms with E-state index in [1.807, 2.05) is 27.7 Å². The molecule has 0 radical (unpaired) electrons. The van der Waals surface area contributed by atoms with Gasteiger partial charge in [-0.15, -0.1) is 4.72 Å². The van der Waals surface area contributed by atoms with Crippen LogP contribution >= 0.6 is 0 Å². The predicted molar refractivity (Wildman–Crippen MR) is 82.6 cm³/mol. The van der Waals surface area contributed by atoms with Crippen LogP contribution in [-0.4, -0.2) is 27.9 Å². The van der Waals surface area contributed by atoms with Gasteiger partial charge in [-0.05, 0) is 66.2 Å². The van der Waals surface area contributed by atoms with Gasteiger partial charge < -0.3 is 9.29 Å². The van der Waals surface area contributed by atoms with Gasteiger partial charge in [0, 0.05) is 11.4 Å². The number of hydrogen-bond acceptors (Lipinski definition) is 4. The van der Waals surface area contributed by atoms with Crippen molar-refractivity contribution in [3.8, 4) is 0 Å². The number of ether oxygens (including phenoxy) is 1. The van der Waals surface area contributed by atoms with Crippen molar-refractivity contribution in [2.75, 3.05) is 6.61 Å². The van der Waals surface area contributed by atoms with E-state index >= 15 is 0 Å². The summed E-state index contributed by atoms with van der Waals surface area (Å²) in [5.74, 6) is 0.503. The van der Waals surface area contributed by atoms with E-state index in [-0.39, 0.29) is 22.7 Å². The first kappa shape index (κ1) is 17.8. The molecule has 0 amide bonds. The summed E-state index contributed by atoms with van der Waals surface area (Å²) in [6, 6.07) is 0.221. The maximum atomic E-state index is 12.1. The molecule has 0 saturated heterocycles. The minimum absolute atomic E-state index is 0.0511. The molecular formula is C15H29NO3S. The van der Waals surface area contributed by atoms with Crippen LogP contribution in [0.5, 0.6) is 0 Å². The van der Waals surface area contributed by atoms with Gasteiger partial charge in [-0.1, -0.05) is 0 Å². The summed E-state index contributed by atoms with van der Waals surface area (Å²) >= 11 is -1.03. The lowest BCUT2D eigenvalue weighted by atomic mass is 9.79. The second-order valence-electron chi connectivity index (χ2n) is 6.65. The van der Waals surface area contributed by atoms with Crippen LogP contribution in [0.1, 0.15) is 60.3 Å². The van der Waals surface area contributed by atoms with Gasteiger partial charge in [0.1, 0.15) is 4.75 Å².